The summed E-state index contributed by atoms with van der Waals surface area (Å²) in [5, 5.41) is 3.34. The van der Waals surface area contributed by atoms with Crippen molar-refractivity contribution in [2.45, 2.75) is 25.9 Å². The van der Waals surface area contributed by atoms with Crippen molar-refractivity contribution in [1.29, 1.82) is 0 Å². The molecule has 2 aliphatic rings. The number of likely N-dealkylation sites (tertiary alicyclic amines) is 1. The lowest BCUT2D eigenvalue weighted by Crippen LogP contribution is -2.35. The fourth-order valence-corrected chi connectivity index (χ4v) is 5.45. The van der Waals surface area contributed by atoms with E-state index in [4.69, 9.17) is 9.47 Å². The van der Waals surface area contributed by atoms with Crippen LogP contribution in [0.1, 0.15) is 40.7 Å². The molecule has 9 heteroatoms. The van der Waals surface area contributed by atoms with Gasteiger partial charge in [0, 0.05) is 23.1 Å². The molecular formula is C30H28BrN3O4S. The Morgan fingerprint density at radius 3 is 2.49 bits per heavy atom. The van der Waals surface area contributed by atoms with E-state index in [1.807, 2.05) is 71.6 Å². The van der Waals surface area contributed by atoms with Crippen molar-refractivity contribution in [3.8, 4) is 11.5 Å². The van der Waals surface area contributed by atoms with Gasteiger partial charge in [-0.3, -0.25) is 9.59 Å². The Balaban J connectivity index is 1.22. The van der Waals surface area contributed by atoms with Gasteiger partial charge in [-0.2, -0.15) is 0 Å². The van der Waals surface area contributed by atoms with E-state index in [1.54, 1.807) is 13.2 Å². The number of piperidine rings is 1. The van der Waals surface area contributed by atoms with E-state index in [-0.39, 0.29) is 11.8 Å². The average molecular weight is 607 g/mol. The number of hydrogen-bond acceptors (Lipinski definition) is 6. The highest BCUT2D eigenvalue weighted by atomic mass is 79.9. The van der Waals surface area contributed by atoms with Crippen LogP contribution in [0.5, 0.6) is 11.5 Å². The molecule has 0 unspecified atom stereocenters. The van der Waals surface area contributed by atoms with Crippen molar-refractivity contribution < 1.29 is 19.1 Å². The van der Waals surface area contributed by atoms with Crippen molar-refractivity contribution in [1.82, 2.24) is 10.2 Å². The highest BCUT2D eigenvalue weighted by Gasteiger charge is 2.24. The van der Waals surface area contributed by atoms with Crippen LogP contribution in [0.25, 0.3) is 6.08 Å². The molecule has 5 rings (SSSR count). The molecule has 0 aromatic heterocycles. The summed E-state index contributed by atoms with van der Waals surface area (Å²) in [6.45, 7) is 2.00. The number of benzene rings is 3. The number of nitrogens with one attached hydrogen (secondary N) is 1. The van der Waals surface area contributed by atoms with E-state index in [9.17, 15) is 9.59 Å². The average Bonchev–Trinajstić information content (AvgIpc) is 3.31. The van der Waals surface area contributed by atoms with Crippen LogP contribution >= 0.6 is 27.7 Å². The first kappa shape index (κ1) is 27.0. The van der Waals surface area contributed by atoms with E-state index in [0.29, 0.717) is 33.7 Å². The van der Waals surface area contributed by atoms with Gasteiger partial charge >= 0.3 is 0 Å². The Morgan fingerprint density at radius 1 is 1.03 bits per heavy atom. The molecule has 0 bridgehead atoms. The largest absolute Gasteiger partial charge is 0.493 e. The van der Waals surface area contributed by atoms with E-state index < -0.39 is 0 Å². The van der Waals surface area contributed by atoms with Crippen molar-refractivity contribution in [3.05, 3.63) is 92.8 Å². The predicted molar refractivity (Wildman–Crippen MR) is 158 cm³/mol. The lowest BCUT2D eigenvalue weighted by atomic mass is 10.1. The molecule has 3 aromatic rings. The lowest BCUT2D eigenvalue weighted by Gasteiger charge is -2.26. The monoisotopic (exact) mass is 605 g/mol. The van der Waals surface area contributed by atoms with Crippen LogP contribution in [0.15, 0.2) is 81.1 Å². The quantitative estimate of drug-likeness (QED) is 0.309. The maximum atomic E-state index is 12.7. The Morgan fingerprint density at radius 2 is 1.77 bits per heavy atom. The number of rotatable bonds is 7. The van der Waals surface area contributed by atoms with Gasteiger partial charge in [-0.15, -0.1) is 0 Å². The smallest absolute Gasteiger partial charge is 0.264 e. The number of amidine groups is 1. The first-order valence-electron chi connectivity index (χ1n) is 12.7. The van der Waals surface area contributed by atoms with Gasteiger partial charge in [0.25, 0.3) is 11.8 Å². The zero-order valence-electron chi connectivity index (χ0n) is 21.5. The van der Waals surface area contributed by atoms with Crippen molar-refractivity contribution in [2.24, 2.45) is 4.99 Å². The molecule has 39 heavy (non-hydrogen) atoms. The molecule has 2 fully saturated rings. The maximum absolute atomic E-state index is 12.7. The van der Waals surface area contributed by atoms with Crippen LogP contribution in [-0.2, 0) is 11.4 Å². The van der Waals surface area contributed by atoms with Crippen molar-refractivity contribution in [2.75, 3.05) is 20.2 Å². The van der Waals surface area contributed by atoms with Gasteiger partial charge in [-0.1, -0.05) is 34.1 Å². The second-order valence-corrected chi connectivity index (χ2v) is 11.2. The molecule has 0 radical (unpaired) electrons. The van der Waals surface area contributed by atoms with Gasteiger partial charge in [0.2, 0.25) is 0 Å². The molecule has 2 heterocycles. The van der Waals surface area contributed by atoms with Crippen LogP contribution in [0, 0.1) is 0 Å². The van der Waals surface area contributed by atoms with E-state index in [2.05, 4.69) is 26.2 Å². The summed E-state index contributed by atoms with van der Waals surface area (Å²) >= 11 is 4.70. The normalized spacial score (nSPS) is 17.4. The highest BCUT2D eigenvalue weighted by molar-refractivity contribution is 9.10. The zero-order valence-corrected chi connectivity index (χ0v) is 23.9. The molecule has 200 valence electrons. The molecule has 2 saturated heterocycles. The van der Waals surface area contributed by atoms with Gasteiger partial charge in [-0.05, 0) is 96.8 Å². The summed E-state index contributed by atoms with van der Waals surface area (Å²) in [6.07, 6.45) is 5.14. The molecule has 0 atom stereocenters. The minimum absolute atomic E-state index is 0.0920. The second kappa shape index (κ2) is 12.5. The van der Waals surface area contributed by atoms with E-state index in [1.165, 1.54) is 18.2 Å². The first-order valence-corrected chi connectivity index (χ1v) is 14.3. The SMILES string of the molecule is COc1cc(/C=C2\SC(=Nc3ccc(Br)cc3)NC2=O)ccc1OCc1ccc(C(=O)N2CCCCC2)cc1. The minimum atomic E-state index is -0.197. The van der Waals surface area contributed by atoms with Gasteiger partial charge in [0.15, 0.2) is 16.7 Å². The Labute approximate surface area is 240 Å². The number of thioether (sulfide) groups is 1. The number of ether oxygens (including phenoxy) is 2. The summed E-state index contributed by atoms with van der Waals surface area (Å²) in [5.74, 6) is 1.05. The molecule has 2 aliphatic heterocycles. The Bertz CT molecular complexity index is 1420. The summed E-state index contributed by atoms with van der Waals surface area (Å²) < 4.78 is 12.5. The summed E-state index contributed by atoms with van der Waals surface area (Å²) in [4.78, 5) is 32.2. The maximum Gasteiger partial charge on any atom is 0.264 e. The number of methoxy groups -OCH3 is 1. The third-order valence-corrected chi connectivity index (χ3v) is 7.87. The topological polar surface area (TPSA) is 80.2 Å². The number of hydrogen-bond donors (Lipinski definition) is 1. The van der Waals surface area contributed by atoms with Gasteiger partial charge in [0.1, 0.15) is 6.61 Å². The molecule has 2 amide bonds. The third-order valence-electron chi connectivity index (χ3n) is 6.43. The number of nitrogens with zero attached hydrogens (tertiary/aromatic N) is 2. The lowest BCUT2D eigenvalue weighted by molar-refractivity contribution is -0.115. The van der Waals surface area contributed by atoms with Gasteiger partial charge < -0.3 is 19.7 Å². The molecular weight excluding hydrogens is 578 g/mol. The summed E-state index contributed by atoms with van der Waals surface area (Å²) in [5.41, 5.74) is 3.22. The predicted octanol–water partition coefficient (Wildman–Crippen LogP) is 6.55. The Kier molecular flexibility index (Phi) is 8.68. The third kappa shape index (κ3) is 6.91. The first-order chi connectivity index (χ1) is 19.0. The zero-order chi connectivity index (χ0) is 27.2. The number of carbonyl (C=O) groups excluding carboxylic acids is 2. The van der Waals surface area contributed by atoms with Crippen LogP contribution in [0.4, 0.5) is 5.69 Å². The number of carbonyl (C=O) groups is 2. The summed E-state index contributed by atoms with van der Waals surface area (Å²) in [6, 6.07) is 20.7. The van der Waals surface area contributed by atoms with Crippen molar-refractivity contribution >= 4 is 56.4 Å². The van der Waals surface area contributed by atoms with Crippen LogP contribution in [0.2, 0.25) is 0 Å². The standard InChI is InChI=1S/C30H28BrN3O4S/c1-37-26-17-21(18-27-28(35)33-30(39-27)32-24-12-10-23(31)11-13-24)7-14-25(26)38-19-20-5-8-22(9-6-20)29(36)34-15-3-2-4-16-34/h5-14,17-18H,2-4,15-16,19H2,1H3,(H,32,33,35)/b27-18-. The molecule has 1 N–H and O–H groups in total. The van der Waals surface area contributed by atoms with Gasteiger partial charge in [0.05, 0.1) is 17.7 Å². The number of halogens is 1. The molecule has 0 saturated carbocycles. The second-order valence-electron chi connectivity index (χ2n) is 9.21. The molecule has 0 spiro atoms. The fourth-order valence-electron chi connectivity index (χ4n) is 4.34. The van der Waals surface area contributed by atoms with Crippen LogP contribution < -0.4 is 14.8 Å². The molecule has 3 aromatic carbocycles. The van der Waals surface area contributed by atoms with E-state index in [0.717, 1.165) is 47.2 Å². The van der Waals surface area contributed by atoms with Gasteiger partial charge in [-0.25, -0.2) is 4.99 Å². The van der Waals surface area contributed by atoms with Crippen LogP contribution in [-0.4, -0.2) is 42.1 Å². The number of amides is 2. The molecule has 0 aliphatic carbocycles. The number of aliphatic imine (C=N–C) groups is 1. The molecule has 7 nitrogen and oxygen atoms in total. The van der Waals surface area contributed by atoms with Crippen molar-refractivity contribution in [3.63, 3.8) is 0 Å². The Hall–Kier alpha value is -3.56. The minimum Gasteiger partial charge on any atom is -0.493 e. The summed E-state index contributed by atoms with van der Waals surface area (Å²) in [7, 11) is 1.58. The van der Waals surface area contributed by atoms with E-state index >= 15 is 0 Å². The highest BCUT2D eigenvalue weighted by Crippen LogP contribution is 2.33. The van der Waals surface area contributed by atoms with Crippen LogP contribution in [0.3, 0.4) is 0 Å². The fraction of sp³-hybridized carbons (Fsp3) is 0.233.